The lowest BCUT2D eigenvalue weighted by molar-refractivity contribution is 0.414. The van der Waals surface area contributed by atoms with E-state index < -0.39 is 6.04 Å². The summed E-state index contributed by atoms with van der Waals surface area (Å²) in [6, 6.07) is 8.57. The molecular formula is C9H10N2O. The van der Waals surface area contributed by atoms with Crippen molar-refractivity contribution in [3.05, 3.63) is 29.8 Å². The molecule has 0 aromatic heterocycles. The van der Waals surface area contributed by atoms with E-state index in [1.165, 1.54) is 0 Å². The van der Waals surface area contributed by atoms with Gasteiger partial charge in [0, 0.05) is 0 Å². The van der Waals surface area contributed by atoms with Crippen LogP contribution in [-0.4, -0.2) is 7.11 Å². The number of benzene rings is 1. The summed E-state index contributed by atoms with van der Waals surface area (Å²) in [7, 11) is 1.58. The molecule has 0 saturated carbocycles. The van der Waals surface area contributed by atoms with Gasteiger partial charge in [-0.1, -0.05) is 12.1 Å². The maximum absolute atomic E-state index is 8.54. The molecule has 0 aliphatic carbocycles. The largest absolute Gasteiger partial charge is 0.497 e. The van der Waals surface area contributed by atoms with Crippen molar-refractivity contribution in [3.63, 3.8) is 0 Å². The molecule has 1 aromatic rings. The van der Waals surface area contributed by atoms with Crippen molar-refractivity contribution < 1.29 is 4.74 Å². The van der Waals surface area contributed by atoms with Crippen molar-refractivity contribution in [3.8, 4) is 11.8 Å². The summed E-state index contributed by atoms with van der Waals surface area (Å²) >= 11 is 0. The second kappa shape index (κ2) is 3.74. The average molecular weight is 162 g/mol. The number of hydrogen-bond donors (Lipinski definition) is 1. The van der Waals surface area contributed by atoms with Gasteiger partial charge in [0.05, 0.1) is 13.2 Å². The van der Waals surface area contributed by atoms with Crippen molar-refractivity contribution in [2.45, 2.75) is 6.04 Å². The topological polar surface area (TPSA) is 59.0 Å². The lowest BCUT2D eigenvalue weighted by Gasteiger charge is -2.04. The Kier molecular flexibility index (Phi) is 2.67. The zero-order valence-corrected chi connectivity index (χ0v) is 6.82. The van der Waals surface area contributed by atoms with Crippen molar-refractivity contribution in [1.82, 2.24) is 0 Å². The summed E-state index contributed by atoms with van der Waals surface area (Å²) in [4.78, 5) is 0. The van der Waals surface area contributed by atoms with Gasteiger partial charge in [0.1, 0.15) is 11.8 Å². The highest BCUT2D eigenvalue weighted by molar-refractivity contribution is 5.32. The molecule has 2 N–H and O–H groups in total. The number of nitriles is 1. The second-order valence-electron chi connectivity index (χ2n) is 2.38. The van der Waals surface area contributed by atoms with Gasteiger partial charge in [-0.25, -0.2) is 0 Å². The molecule has 0 saturated heterocycles. The number of hydrogen-bond acceptors (Lipinski definition) is 3. The molecule has 12 heavy (non-hydrogen) atoms. The molecule has 0 bridgehead atoms. The van der Waals surface area contributed by atoms with Gasteiger partial charge in [-0.15, -0.1) is 0 Å². The van der Waals surface area contributed by atoms with E-state index in [0.29, 0.717) is 0 Å². The monoisotopic (exact) mass is 162 g/mol. The molecule has 1 atom stereocenters. The standard InChI is InChI=1S/C9H10N2O/c1-12-8-4-2-3-7(5-8)9(11)6-10/h2-5,9H,11H2,1H3/t9-/m1/s1. The molecule has 3 nitrogen and oxygen atoms in total. The van der Waals surface area contributed by atoms with Gasteiger partial charge in [0.25, 0.3) is 0 Å². The Balaban J connectivity index is 2.95. The second-order valence-corrected chi connectivity index (χ2v) is 2.38. The van der Waals surface area contributed by atoms with Crippen LogP contribution in [0.5, 0.6) is 5.75 Å². The maximum atomic E-state index is 8.54. The number of nitrogens with two attached hydrogens (primary N) is 1. The first-order valence-electron chi connectivity index (χ1n) is 3.57. The normalized spacial score (nSPS) is 11.8. The summed E-state index contributed by atoms with van der Waals surface area (Å²) in [5.74, 6) is 0.721. The minimum absolute atomic E-state index is 0.569. The molecule has 0 fully saturated rings. The molecule has 62 valence electrons. The number of nitrogens with zero attached hydrogens (tertiary/aromatic N) is 1. The van der Waals surface area contributed by atoms with Gasteiger partial charge < -0.3 is 10.5 Å². The van der Waals surface area contributed by atoms with Crippen LogP contribution in [0.3, 0.4) is 0 Å². The fourth-order valence-electron chi connectivity index (χ4n) is 0.910. The van der Waals surface area contributed by atoms with Crippen LogP contribution in [0.15, 0.2) is 24.3 Å². The summed E-state index contributed by atoms with van der Waals surface area (Å²) in [5, 5.41) is 8.54. The number of methoxy groups -OCH3 is 1. The van der Waals surface area contributed by atoms with E-state index in [1.54, 1.807) is 19.2 Å². The van der Waals surface area contributed by atoms with Crippen LogP contribution in [-0.2, 0) is 0 Å². The minimum atomic E-state index is -0.569. The third-order valence-electron chi connectivity index (χ3n) is 1.59. The molecule has 0 aliphatic rings. The molecule has 0 amide bonds. The highest BCUT2D eigenvalue weighted by Crippen LogP contribution is 2.16. The molecule has 1 rings (SSSR count). The van der Waals surface area contributed by atoms with Gasteiger partial charge in [-0.3, -0.25) is 0 Å². The van der Waals surface area contributed by atoms with Gasteiger partial charge in [0.15, 0.2) is 0 Å². The summed E-state index contributed by atoms with van der Waals surface area (Å²) in [5.41, 5.74) is 6.28. The maximum Gasteiger partial charge on any atom is 0.119 e. The van der Waals surface area contributed by atoms with Crippen LogP contribution >= 0.6 is 0 Å². The van der Waals surface area contributed by atoms with Crippen LogP contribution < -0.4 is 10.5 Å². The first-order valence-corrected chi connectivity index (χ1v) is 3.57. The molecule has 3 heteroatoms. The number of rotatable bonds is 2. The third-order valence-corrected chi connectivity index (χ3v) is 1.59. The van der Waals surface area contributed by atoms with Gasteiger partial charge in [-0.05, 0) is 17.7 Å². The Morgan fingerprint density at radius 2 is 2.33 bits per heavy atom. The van der Waals surface area contributed by atoms with Crippen molar-refractivity contribution in [2.24, 2.45) is 5.73 Å². The predicted molar refractivity (Wildman–Crippen MR) is 45.5 cm³/mol. The minimum Gasteiger partial charge on any atom is -0.497 e. The molecule has 0 radical (unpaired) electrons. The van der Waals surface area contributed by atoms with E-state index in [4.69, 9.17) is 15.7 Å². The van der Waals surface area contributed by atoms with Crippen molar-refractivity contribution >= 4 is 0 Å². The van der Waals surface area contributed by atoms with Crippen LogP contribution in [0.4, 0.5) is 0 Å². The average Bonchev–Trinajstić information content (AvgIpc) is 2.17. The molecule has 0 unspecified atom stereocenters. The van der Waals surface area contributed by atoms with Gasteiger partial charge >= 0.3 is 0 Å². The van der Waals surface area contributed by atoms with E-state index in [-0.39, 0.29) is 0 Å². The third kappa shape index (κ3) is 1.74. The van der Waals surface area contributed by atoms with Crippen LogP contribution in [0.1, 0.15) is 11.6 Å². The van der Waals surface area contributed by atoms with Gasteiger partial charge in [-0.2, -0.15) is 5.26 Å². The summed E-state index contributed by atoms with van der Waals surface area (Å²) in [6.07, 6.45) is 0. The quantitative estimate of drug-likeness (QED) is 0.711. The van der Waals surface area contributed by atoms with E-state index in [1.807, 2.05) is 18.2 Å². The highest BCUT2D eigenvalue weighted by Gasteiger charge is 2.03. The van der Waals surface area contributed by atoms with E-state index in [9.17, 15) is 0 Å². The van der Waals surface area contributed by atoms with Crippen LogP contribution in [0.2, 0.25) is 0 Å². The Bertz CT molecular complexity index is 304. The van der Waals surface area contributed by atoms with Crippen molar-refractivity contribution in [2.75, 3.05) is 7.11 Å². The zero-order valence-electron chi connectivity index (χ0n) is 6.82. The highest BCUT2D eigenvalue weighted by atomic mass is 16.5. The lowest BCUT2D eigenvalue weighted by Crippen LogP contribution is -2.06. The zero-order chi connectivity index (χ0) is 8.97. The molecule has 0 heterocycles. The number of ether oxygens (including phenoxy) is 1. The Morgan fingerprint density at radius 3 is 2.92 bits per heavy atom. The summed E-state index contributed by atoms with van der Waals surface area (Å²) in [6.45, 7) is 0. The van der Waals surface area contributed by atoms with E-state index in [2.05, 4.69) is 0 Å². The lowest BCUT2D eigenvalue weighted by atomic mass is 10.1. The van der Waals surface area contributed by atoms with Crippen LogP contribution in [0, 0.1) is 11.3 Å². The smallest absolute Gasteiger partial charge is 0.119 e. The first-order chi connectivity index (χ1) is 5.77. The molecule has 0 spiro atoms. The fourth-order valence-corrected chi connectivity index (χ4v) is 0.910. The Hall–Kier alpha value is -1.53. The Labute approximate surface area is 71.4 Å². The first kappa shape index (κ1) is 8.57. The summed E-state index contributed by atoms with van der Waals surface area (Å²) < 4.78 is 4.98. The van der Waals surface area contributed by atoms with Crippen molar-refractivity contribution in [1.29, 1.82) is 5.26 Å². The fraction of sp³-hybridized carbons (Fsp3) is 0.222. The Morgan fingerprint density at radius 1 is 1.58 bits per heavy atom. The van der Waals surface area contributed by atoms with E-state index >= 15 is 0 Å². The van der Waals surface area contributed by atoms with Crippen LogP contribution in [0.25, 0.3) is 0 Å². The predicted octanol–water partition coefficient (Wildman–Crippen LogP) is 1.22. The molecular weight excluding hydrogens is 152 g/mol. The SMILES string of the molecule is COc1cccc([C@H](N)C#N)c1. The van der Waals surface area contributed by atoms with Gasteiger partial charge in [0.2, 0.25) is 0 Å². The molecule has 1 aromatic carbocycles. The molecule has 0 aliphatic heterocycles. The van der Waals surface area contributed by atoms with E-state index in [0.717, 1.165) is 11.3 Å².